The first kappa shape index (κ1) is 22.0. The molecule has 31 heavy (non-hydrogen) atoms. The Hall–Kier alpha value is -3.74. The molecule has 0 saturated carbocycles. The lowest BCUT2D eigenvalue weighted by atomic mass is 10.0. The third-order valence-electron chi connectivity index (χ3n) is 4.80. The van der Waals surface area contributed by atoms with Gasteiger partial charge in [0.25, 0.3) is 5.91 Å². The van der Waals surface area contributed by atoms with Gasteiger partial charge in [-0.3, -0.25) is 4.79 Å². The van der Waals surface area contributed by atoms with Crippen molar-refractivity contribution in [1.29, 1.82) is 0 Å². The standard InChI is InChI=1S/C24H27N3O4/c1-29-20-8-5-18(6-9-20)15-21(19-7-10-22(30-2)23(16-19)31-3)24(28)26-11-4-13-27-14-12-25-17-27/h5-10,12,14-17H,4,11,13H2,1-3H3,(H,26,28)/b21-15+. The largest absolute Gasteiger partial charge is 0.497 e. The number of hydrogen-bond acceptors (Lipinski definition) is 5. The third-order valence-corrected chi connectivity index (χ3v) is 4.80. The van der Waals surface area contributed by atoms with Crippen molar-refractivity contribution in [2.75, 3.05) is 27.9 Å². The van der Waals surface area contributed by atoms with Crippen molar-refractivity contribution in [3.05, 3.63) is 72.3 Å². The molecule has 3 aromatic rings. The summed E-state index contributed by atoms with van der Waals surface area (Å²) in [6, 6.07) is 13.0. The number of carbonyl (C=O) groups is 1. The fraction of sp³-hybridized carbons (Fsp3) is 0.250. The van der Waals surface area contributed by atoms with Gasteiger partial charge in [-0.2, -0.15) is 0 Å². The Balaban J connectivity index is 1.82. The molecule has 1 amide bonds. The van der Waals surface area contributed by atoms with E-state index in [9.17, 15) is 4.79 Å². The fourth-order valence-corrected chi connectivity index (χ4v) is 3.13. The highest BCUT2D eigenvalue weighted by Gasteiger charge is 2.15. The minimum Gasteiger partial charge on any atom is -0.497 e. The lowest BCUT2D eigenvalue weighted by molar-refractivity contribution is -0.115. The molecule has 0 spiro atoms. The molecule has 0 atom stereocenters. The zero-order valence-electron chi connectivity index (χ0n) is 18.0. The number of benzene rings is 2. The summed E-state index contributed by atoms with van der Waals surface area (Å²) in [6.07, 6.45) is 8.06. The Morgan fingerprint density at radius 3 is 2.45 bits per heavy atom. The van der Waals surface area contributed by atoms with E-state index >= 15 is 0 Å². The summed E-state index contributed by atoms with van der Waals surface area (Å²) < 4.78 is 17.9. The van der Waals surface area contributed by atoms with E-state index in [0.29, 0.717) is 23.6 Å². The number of carbonyl (C=O) groups excluding carboxylic acids is 1. The van der Waals surface area contributed by atoms with Crippen LogP contribution >= 0.6 is 0 Å². The molecule has 0 aliphatic heterocycles. The van der Waals surface area contributed by atoms with Gasteiger partial charge < -0.3 is 24.1 Å². The molecule has 7 heteroatoms. The molecule has 7 nitrogen and oxygen atoms in total. The Bertz CT molecular complexity index is 1010. The van der Waals surface area contributed by atoms with E-state index in [0.717, 1.165) is 29.8 Å². The fourth-order valence-electron chi connectivity index (χ4n) is 3.13. The molecule has 0 bridgehead atoms. The molecule has 0 saturated heterocycles. The Kier molecular flexibility index (Phi) is 7.70. The molecular weight excluding hydrogens is 394 g/mol. The van der Waals surface area contributed by atoms with Crippen LogP contribution in [0.5, 0.6) is 17.2 Å². The van der Waals surface area contributed by atoms with Gasteiger partial charge in [0.2, 0.25) is 0 Å². The van der Waals surface area contributed by atoms with Crippen LogP contribution in [0.2, 0.25) is 0 Å². The van der Waals surface area contributed by atoms with Gasteiger partial charge in [-0.1, -0.05) is 18.2 Å². The van der Waals surface area contributed by atoms with E-state index in [2.05, 4.69) is 10.3 Å². The van der Waals surface area contributed by atoms with Crippen LogP contribution in [0.25, 0.3) is 11.6 Å². The van der Waals surface area contributed by atoms with Crippen molar-refractivity contribution in [3.8, 4) is 17.2 Å². The number of ether oxygens (including phenoxy) is 3. The van der Waals surface area contributed by atoms with E-state index in [-0.39, 0.29) is 5.91 Å². The maximum atomic E-state index is 13.1. The second-order valence-corrected chi connectivity index (χ2v) is 6.81. The maximum absolute atomic E-state index is 13.1. The summed E-state index contributed by atoms with van der Waals surface area (Å²) in [5.74, 6) is 1.77. The van der Waals surface area contributed by atoms with Crippen LogP contribution in [0.4, 0.5) is 0 Å². The second kappa shape index (κ2) is 10.9. The molecule has 0 fully saturated rings. The second-order valence-electron chi connectivity index (χ2n) is 6.81. The third kappa shape index (κ3) is 5.88. The van der Waals surface area contributed by atoms with E-state index in [1.165, 1.54) is 0 Å². The summed E-state index contributed by atoms with van der Waals surface area (Å²) in [4.78, 5) is 17.1. The lowest BCUT2D eigenvalue weighted by Crippen LogP contribution is -2.26. The number of imidazole rings is 1. The maximum Gasteiger partial charge on any atom is 0.251 e. The predicted octanol–water partition coefficient (Wildman–Crippen LogP) is 3.66. The van der Waals surface area contributed by atoms with Gasteiger partial charge in [0.05, 0.1) is 27.7 Å². The topological polar surface area (TPSA) is 74.6 Å². The zero-order chi connectivity index (χ0) is 22.1. The van der Waals surface area contributed by atoms with Crippen LogP contribution in [-0.4, -0.2) is 43.3 Å². The van der Waals surface area contributed by atoms with E-state index in [1.807, 2.05) is 47.2 Å². The zero-order valence-corrected chi connectivity index (χ0v) is 18.0. The van der Waals surface area contributed by atoms with Crippen LogP contribution in [0, 0.1) is 0 Å². The number of rotatable bonds is 10. The summed E-state index contributed by atoms with van der Waals surface area (Å²) in [6.45, 7) is 1.33. The van der Waals surface area contributed by atoms with Gasteiger partial charge >= 0.3 is 0 Å². The van der Waals surface area contributed by atoms with E-state index in [4.69, 9.17) is 14.2 Å². The van der Waals surface area contributed by atoms with Crippen molar-refractivity contribution in [1.82, 2.24) is 14.9 Å². The lowest BCUT2D eigenvalue weighted by Gasteiger charge is -2.13. The van der Waals surface area contributed by atoms with Crippen molar-refractivity contribution in [3.63, 3.8) is 0 Å². The number of aryl methyl sites for hydroxylation is 1. The number of aromatic nitrogens is 2. The van der Waals surface area contributed by atoms with Gasteiger partial charge in [-0.15, -0.1) is 0 Å². The molecule has 0 unspecified atom stereocenters. The van der Waals surface area contributed by atoms with Gasteiger partial charge in [0, 0.05) is 31.1 Å². The van der Waals surface area contributed by atoms with Gasteiger partial charge in [-0.05, 0) is 47.9 Å². The van der Waals surface area contributed by atoms with E-state index < -0.39 is 0 Å². The minimum atomic E-state index is -0.159. The predicted molar refractivity (Wildman–Crippen MR) is 120 cm³/mol. The Morgan fingerprint density at radius 1 is 1.03 bits per heavy atom. The van der Waals surface area contributed by atoms with Crippen LogP contribution in [-0.2, 0) is 11.3 Å². The highest BCUT2D eigenvalue weighted by Crippen LogP contribution is 2.31. The molecule has 162 valence electrons. The van der Waals surface area contributed by atoms with Gasteiger partial charge in [0.1, 0.15) is 5.75 Å². The van der Waals surface area contributed by atoms with Crippen molar-refractivity contribution in [2.24, 2.45) is 0 Å². The molecule has 1 heterocycles. The normalized spacial score (nSPS) is 11.1. The molecule has 1 N–H and O–H groups in total. The highest BCUT2D eigenvalue weighted by atomic mass is 16.5. The first-order valence-electron chi connectivity index (χ1n) is 9.96. The molecule has 0 aliphatic rings. The van der Waals surface area contributed by atoms with Crippen molar-refractivity contribution < 1.29 is 19.0 Å². The molecule has 3 rings (SSSR count). The monoisotopic (exact) mass is 421 g/mol. The molecule has 1 aromatic heterocycles. The van der Waals surface area contributed by atoms with Crippen molar-refractivity contribution in [2.45, 2.75) is 13.0 Å². The van der Waals surface area contributed by atoms with Crippen LogP contribution in [0.15, 0.2) is 61.2 Å². The number of nitrogens with one attached hydrogen (secondary N) is 1. The molecule has 2 aromatic carbocycles. The smallest absolute Gasteiger partial charge is 0.251 e. The number of amides is 1. The number of hydrogen-bond donors (Lipinski definition) is 1. The van der Waals surface area contributed by atoms with E-state index in [1.54, 1.807) is 46.0 Å². The quantitative estimate of drug-likeness (QED) is 0.307. The SMILES string of the molecule is COc1ccc(/C=C(/C(=O)NCCCn2ccnc2)c2ccc(OC)c(OC)c2)cc1. The number of methoxy groups -OCH3 is 3. The first-order chi connectivity index (χ1) is 15.1. The Morgan fingerprint density at radius 2 is 1.81 bits per heavy atom. The van der Waals surface area contributed by atoms with Crippen molar-refractivity contribution >= 4 is 17.6 Å². The summed E-state index contributed by atoms with van der Waals surface area (Å²) in [7, 11) is 4.78. The summed E-state index contributed by atoms with van der Waals surface area (Å²) in [5, 5.41) is 3.01. The average Bonchev–Trinajstić information content (AvgIpc) is 3.33. The summed E-state index contributed by atoms with van der Waals surface area (Å²) in [5.41, 5.74) is 2.16. The minimum absolute atomic E-state index is 0.159. The van der Waals surface area contributed by atoms with Crippen LogP contribution in [0.1, 0.15) is 17.5 Å². The number of nitrogens with zero attached hydrogens (tertiary/aromatic N) is 2. The first-order valence-corrected chi connectivity index (χ1v) is 9.96. The van der Waals surface area contributed by atoms with Crippen LogP contribution < -0.4 is 19.5 Å². The van der Waals surface area contributed by atoms with Gasteiger partial charge in [-0.25, -0.2) is 4.98 Å². The van der Waals surface area contributed by atoms with Crippen LogP contribution in [0.3, 0.4) is 0 Å². The molecule has 0 radical (unpaired) electrons. The molecule has 0 aliphatic carbocycles. The average molecular weight is 421 g/mol. The van der Waals surface area contributed by atoms with Gasteiger partial charge in [0.15, 0.2) is 11.5 Å². The molecular formula is C24H27N3O4. The highest BCUT2D eigenvalue weighted by molar-refractivity contribution is 6.24. The summed E-state index contributed by atoms with van der Waals surface area (Å²) >= 11 is 0. The Labute approximate surface area is 182 Å².